The maximum absolute atomic E-state index is 12.2. The second kappa shape index (κ2) is 10.2. The van der Waals surface area contributed by atoms with Gasteiger partial charge in [-0.1, -0.05) is 41.0 Å². The summed E-state index contributed by atoms with van der Waals surface area (Å²) in [6.45, 7) is 14.3. The fourth-order valence-electron chi connectivity index (χ4n) is 2.64. The maximum Gasteiger partial charge on any atom is 0.323 e. The summed E-state index contributed by atoms with van der Waals surface area (Å²) < 4.78 is 5.28. The Kier molecular flexibility index (Phi) is 9.94. The molecule has 0 bridgehead atoms. The van der Waals surface area contributed by atoms with Crippen molar-refractivity contribution in [2.75, 3.05) is 13.2 Å². The van der Waals surface area contributed by atoms with Crippen LogP contribution in [-0.2, 0) is 9.53 Å². The van der Waals surface area contributed by atoms with Crippen LogP contribution in [-0.4, -0.2) is 36.1 Å². The number of rotatable bonds is 10. The van der Waals surface area contributed by atoms with Gasteiger partial charge in [-0.25, -0.2) is 0 Å². The van der Waals surface area contributed by atoms with Crippen molar-refractivity contribution in [1.29, 1.82) is 0 Å². The first-order valence-electron chi connectivity index (χ1n) is 7.93. The van der Waals surface area contributed by atoms with Crippen molar-refractivity contribution in [2.45, 2.75) is 79.3 Å². The second-order valence-electron chi connectivity index (χ2n) is 5.62. The highest BCUT2D eigenvalue weighted by Gasteiger charge is 2.30. The topological polar surface area (TPSA) is 29.5 Å². The highest BCUT2D eigenvalue weighted by molar-refractivity contribution is 5.75. The third kappa shape index (κ3) is 6.42. The summed E-state index contributed by atoms with van der Waals surface area (Å²) in [7, 11) is 0. The molecule has 3 heteroatoms. The predicted molar refractivity (Wildman–Crippen MR) is 81.2 cm³/mol. The summed E-state index contributed by atoms with van der Waals surface area (Å²) in [5, 5.41) is 0. The Balaban J connectivity index is 5.04. The lowest BCUT2D eigenvalue weighted by atomic mass is 10.0. The monoisotopic (exact) mass is 271 g/mol. The molecule has 19 heavy (non-hydrogen) atoms. The van der Waals surface area contributed by atoms with Crippen molar-refractivity contribution in [3.05, 3.63) is 0 Å². The van der Waals surface area contributed by atoms with Gasteiger partial charge in [0, 0.05) is 12.6 Å². The van der Waals surface area contributed by atoms with Crippen LogP contribution >= 0.6 is 0 Å². The Hall–Kier alpha value is -0.570. The molecule has 0 rings (SSSR count). The van der Waals surface area contributed by atoms with Crippen molar-refractivity contribution in [1.82, 2.24) is 4.90 Å². The second-order valence-corrected chi connectivity index (χ2v) is 5.62. The lowest BCUT2D eigenvalue weighted by molar-refractivity contribution is -0.151. The molecule has 0 aliphatic carbocycles. The summed E-state index contributed by atoms with van der Waals surface area (Å²) in [5.74, 6) is 0.520. The first-order valence-corrected chi connectivity index (χ1v) is 7.93. The average Bonchev–Trinajstić information content (AvgIpc) is 2.36. The van der Waals surface area contributed by atoms with Gasteiger partial charge in [0.25, 0.3) is 0 Å². The molecule has 114 valence electrons. The summed E-state index contributed by atoms with van der Waals surface area (Å²) in [4.78, 5) is 14.6. The Labute approximate surface area is 119 Å². The van der Waals surface area contributed by atoms with Crippen LogP contribution in [0.3, 0.4) is 0 Å². The molecule has 0 aromatic heterocycles. The zero-order valence-electron chi connectivity index (χ0n) is 13.7. The van der Waals surface area contributed by atoms with Gasteiger partial charge in [-0.15, -0.1) is 0 Å². The SMILES string of the molecule is CCCC(C(=O)OCC)N(CC(C)C)C(CC)CC. The van der Waals surface area contributed by atoms with E-state index >= 15 is 0 Å². The van der Waals surface area contributed by atoms with E-state index in [0.717, 1.165) is 32.2 Å². The van der Waals surface area contributed by atoms with E-state index in [1.54, 1.807) is 0 Å². The van der Waals surface area contributed by atoms with Gasteiger partial charge in [0.15, 0.2) is 0 Å². The highest BCUT2D eigenvalue weighted by Crippen LogP contribution is 2.19. The Morgan fingerprint density at radius 2 is 1.68 bits per heavy atom. The normalized spacial score (nSPS) is 13.3. The van der Waals surface area contributed by atoms with Gasteiger partial charge < -0.3 is 4.74 Å². The molecule has 3 nitrogen and oxygen atoms in total. The van der Waals surface area contributed by atoms with E-state index in [4.69, 9.17) is 4.74 Å². The van der Waals surface area contributed by atoms with Crippen LogP contribution in [0, 0.1) is 5.92 Å². The Morgan fingerprint density at radius 3 is 2.05 bits per heavy atom. The zero-order chi connectivity index (χ0) is 14.8. The molecule has 0 saturated heterocycles. The molecule has 0 saturated carbocycles. The minimum atomic E-state index is -0.0720. The summed E-state index contributed by atoms with van der Waals surface area (Å²) in [6, 6.07) is 0.403. The molecule has 1 atom stereocenters. The number of carbonyl (C=O) groups is 1. The van der Waals surface area contributed by atoms with Gasteiger partial charge in [0.1, 0.15) is 6.04 Å². The van der Waals surface area contributed by atoms with E-state index in [9.17, 15) is 4.79 Å². The van der Waals surface area contributed by atoms with Crippen molar-refractivity contribution < 1.29 is 9.53 Å². The summed E-state index contributed by atoms with van der Waals surface area (Å²) in [6.07, 6.45) is 4.08. The van der Waals surface area contributed by atoms with Crippen LogP contribution in [0.2, 0.25) is 0 Å². The third-order valence-corrected chi connectivity index (χ3v) is 3.51. The largest absolute Gasteiger partial charge is 0.465 e. The minimum absolute atomic E-state index is 0.0445. The molecule has 0 amide bonds. The number of carbonyl (C=O) groups excluding carboxylic acids is 1. The number of esters is 1. The van der Waals surface area contributed by atoms with E-state index in [2.05, 4.69) is 39.5 Å². The lowest BCUT2D eigenvalue weighted by Crippen LogP contribution is -2.49. The van der Waals surface area contributed by atoms with Gasteiger partial charge in [0.05, 0.1) is 6.61 Å². The van der Waals surface area contributed by atoms with E-state index in [0.29, 0.717) is 18.6 Å². The van der Waals surface area contributed by atoms with Gasteiger partial charge in [-0.05, 0) is 32.1 Å². The lowest BCUT2D eigenvalue weighted by Gasteiger charge is -2.37. The number of hydrogen-bond acceptors (Lipinski definition) is 3. The van der Waals surface area contributed by atoms with Crippen molar-refractivity contribution >= 4 is 5.97 Å². The Morgan fingerprint density at radius 1 is 1.11 bits per heavy atom. The predicted octanol–water partition coefficient (Wildman–Crippen LogP) is 3.86. The molecule has 0 aliphatic rings. The van der Waals surface area contributed by atoms with Crippen molar-refractivity contribution in [3.63, 3.8) is 0 Å². The molecule has 0 radical (unpaired) electrons. The first kappa shape index (κ1) is 18.4. The van der Waals surface area contributed by atoms with E-state index in [1.807, 2.05) is 6.92 Å². The van der Waals surface area contributed by atoms with Crippen LogP contribution in [0.25, 0.3) is 0 Å². The van der Waals surface area contributed by atoms with Gasteiger partial charge in [0.2, 0.25) is 0 Å². The molecule has 0 fully saturated rings. The highest BCUT2D eigenvalue weighted by atomic mass is 16.5. The fraction of sp³-hybridized carbons (Fsp3) is 0.938. The van der Waals surface area contributed by atoms with E-state index in [-0.39, 0.29) is 12.0 Å². The summed E-state index contributed by atoms with van der Waals surface area (Å²) in [5.41, 5.74) is 0. The molecule has 0 aliphatic heterocycles. The first-order chi connectivity index (χ1) is 9.01. The number of nitrogens with zero attached hydrogens (tertiary/aromatic N) is 1. The molecule has 1 unspecified atom stereocenters. The minimum Gasteiger partial charge on any atom is -0.465 e. The van der Waals surface area contributed by atoms with Crippen molar-refractivity contribution in [3.8, 4) is 0 Å². The van der Waals surface area contributed by atoms with E-state index < -0.39 is 0 Å². The zero-order valence-corrected chi connectivity index (χ0v) is 13.7. The molecule has 0 aromatic rings. The van der Waals surface area contributed by atoms with Crippen LogP contribution in [0.4, 0.5) is 0 Å². The maximum atomic E-state index is 12.2. The van der Waals surface area contributed by atoms with Crippen LogP contribution < -0.4 is 0 Å². The summed E-state index contributed by atoms with van der Waals surface area (Å²) >= 11 is 0. The third-order valence-electron chi connectivity index (χ3n) is 3.51. The van der Waals surface area contributed by atoms with Gasteiger partial charge >= 0.3 is 5.97 Å². The molecule has 0 aromatic carbocycles. The Bertz CT molecular complexity index is 237. The fourth-order valence-corrected chi connectivity index (χ4v) is 2.64. The molecule has 0 heterocycles. The smallest absolute Gasteiger partial charge is 0.323 e. The van der Waals surface area contributed by atoms with Gasteiger partial charge in [-0.3, -0.25) is 9.69 Å². The van der Waals surface area contributed by atoms with Crippen LogP contribution in [0.5, 0.6) is 0 Å². The van der Waals surface area contributed by atoms with Gasteiger partial charge in [-0.2, -0.15) is 0 Å². The van der Waals surface area contributed by atoms with Crippen molar-refractivity contribution in [2.24, 2.45) is 5.92 Å². The average molecular weight is 271 g/mol. The van der Waals surface area contributed by atoms with Crippen LogP contribution in [0.15, 0.2) is 0 Å². The van der Waals surface area contributed by atoms with Crippen LogP contribution in [0.1, 0.15) is 67.2 Å². The standard InChI is InChI=1S/C16H33NO2/c1-7-11-15(16(18)19-10-4)17(12-13(5)6)14(8-2)9-3/h13-15H,7-12H2,1-6H3. The quantitative estimate of drug-likeness (QED) is 0.565. The number of ether oxygens (including phenoxy) is 1. The molecule has 0 N–H and O–H groups in total. The van der Waals surface area contributed by atoms with E-state index in [1.165, 1.54) is 0 Å². The molecule has 0 spiro atoms. The molecular formula is C16H33NO2. The number of hydrogen-bond donors (Lipinski definition) is 0. The molecular weight excluding hydrogens is 238 g/mol.